The molecule has 0 saturated carbocycles. The van der Waals surface area contributed by atoms with Crippen LogP contribution in [0.25, 0.3) is 0 Å². The van der Waals surface area contributed by atoms with Gasteiger partial charge in [0, 0.05) is 24.5 Å². The Hall–Kier alpha value is -2.67. The zero-order chi connectivity index (χ0) is 15.1. The van der Waals surface area contributed by atoms with Crippen LogP contribution in [0.2, 0.25) is 0 Å². The van der Waals surface area contributed by atoms with Gasteiger partial charge in [0.25, 0.3) is 5.91 Å². The highest BCUT2D eigenvalue weighted by Crippen LogP contribution is 2.23. The quantitative estimate of drug-likeness (QED) is 0.906. The zero-order valence-corrected chi connectivity index (χ0v) is 11.9. The minimum Gasteiger partial charge on any atom is -0.322 e. The van der Waals surface area contributed by atoms with Crippen molar-refractivity contribution >= 4 is 11.6 Å². The van der Waals surface area contributed by atoms with Gasteiger partial charge in [0.15, 0.2) is 0 Å². The van der Waals surface area contributed by atoms with Crippen molar-refractivity contribution in [2.45, 2.75) is 25.7 Å². The van der Waals surface area contributed by atoms with Crippen LogP contribution in [0.1, 0.15) is 41.6 Å². The summed E-state index contributed by atoms with van der Waals surface area (Å²) in [5, 5.41) is 11.7. The SMILES string of the molecule is CCC(CC#N)c1cncc(C(=O)Nc2ccccc2)c1. The lowest BCUT2D eigenvalue weighted by atomic mass is 9.94. The second-order valence-electron chi connectivity index (χ2n) is 4.79. The van der Waals surface area contributed by atoms with E-state index >= 15 is 0 Å². The van der Waals surface area contributed by atoms with Gasteiger partial charge in [-0.1, -0.05) is 25.1 Å². The molecule has 0 fully saturated rings. The lowest BCUT2D eigenvalue weighted by Crippen LogP contribution is -2.13. The molecule has 1 unspecified atom stereocenters. The summed E-state index contributed by atoms with van der Waals surface area (Å²) in [4.78, 5) is 16.3. The maximum Gasteiger partial charge on any atom is 0.257 e. The van der Waals surface area contributed by atoms with Gasteiger partial charge in [-0.2, -0.15) is 5.26 Å². The number of benzene rings is 1. The van der Waals surface area contributed by atoms with Crippen LogP contribution in [0.5, 0.6) is 0 Å². The first-order valence-corrected chi connectivity index (χ1v) is 6.93. The summed E-state index contributed by atoms with van der Waals surface area (Å²) < 4.78 is 0. The Kier molecular flexibility index (Phi) is 5.05. The monoisotopic (exact) mass is 279 g/mol. The molecular formula is C17H17N3O. The molecule has 0 saturated heterocycles. The highest BCUT2D eigenvalue weighted by molar-refractivity contribution is 6.04. The molecule has 0 spiro atoms. The molecule has 0 aliphatic rings. The lowest BCUT2D eigenvalue weighted by molar-refractivity contribution is 0.102. The number of nitriles is 1. The van der Waals surface area contributed by atoms with Crippen molar-refractivity contribution in [1.82, 2.24) is 4.98 Å². The van der Waals surface area contributed by atoms with E-state index in [2.05, 4.69) is 16.4 Å². The molecule has 0 radical (unpaired) electrons. The van der Waals surface area contributed by atoms with Gasteiger partial charge in [-0.3, -0.25) is 9.78 Å². The van der Waals surface area contributed by atoms with E-state index in [1.54, 1.807) is 12.4 Å². The van der Waals surface area contributed by atoms with Crippen molar-refractivity contribution in [3.63, 3.8) is 0 Å². The fraction of sp³-hybridized carbons (Fsp3) is 0.235. The van der Waals surface area contributed by atoms with Crippen LogP contribution in [-0.4, -0.2) is 10.9 Å². The Morgan fingerprint density at radius 1 is 1.33 bits per heavy atom. The molecular weight excluding hydrogens is 262 g/mol. The third kappa shape index (κ3) is 3.90. The molecule has 1 amide bonds. The van der Waals surface area contributed by atoms with Gasteiger partial charge < -0.3 is 5.32 Å². The van der Waals surface area contributed by atoms with Gasteiger partial charge in [-0.05, 0) is 36.1 Å². The number of amides is 1. The number of hydrogen-bond acceptors (Lipinski definition) is 3. The fourth-order valence-electron chi connectivity index (χ4n) is 2.14. The molecule has 1 atom stereocenters. The van der Waals surface area contributed by atoms with Crippen LogP contribution >= 0.6 is 0 Å². The first-order valence-electron chi connectivity index (χ1n) is 6.93. The Balaban J connectivity index is 2.17. The fourth-order valence-corrected chi connectivity index (χ4v) is 2.14. The molecule has 4 nitrogen and oxygen atoms in total. The van der Waals surface area contributed by atoms with Gasteiger partial charge in [0.2, 0.25) is 0 Å². The third-order valence-corrected chi connectivity index (χ3v) is 3.36. The van der Waals surface area contributed by atoms with E-state index in [9.17, 15) is 4.79 Å². The van der Waals surface area contributed by atoms with Crippen molar-refractivity contribution in [3.05, 3.63) is 59.9 Å². The van der Waals surface area contributed by atoms with Crippen molar-refractivity contribution in [2.24, 2.45) is 0 Å². The maximum atomic E-state index is 12.2. The molecule has 1 aromatic heterocycles. The van der Waals surface area contributed by atoms with Gasteiger partial charge in [-0.15, -0.1) is 0 Å². The van der Waals surface area contributed by atoms with Crippen molar-refractivity contribution in [3.8, 4) is 6.07 Å². The highest BCUT2D eigenvalue weighted by atomic mass is 16.1. The largest absolute Gasteiger partial charge is 0.322 e. The summed E-state index contributed by atoms with van der Waals surface area (Å²) >= 11 is 0. The highest BCUT2D eigenvalue weighted by Gasteiger charge is 2.13. The summed E-state index contributed by atoms with van der Waals surface area (Å²) in [6, 6.07) is 13.3. The number of para-hydroxylation sites is 1. The predicted molar refractivity (Wildman–Crippen MR) is 81.9 cm³/mol. The molecule has 0 aliphatic carbocycles. The molecule has 2 rings (SSSR count). The normalized spacial score (nSPS) is 11.4. The molecule has 106 valence electrons. The van der Waals surface area contributed by atoms with E-state index in [0.717, 1.165) is 17.7 Å². The Bertz CT molecular complexity index is 647. The number of pyridine rings is 1. The summed E-state index contributed by atoms with van der Waals surface area (Å²) in [7, 11) is 0. The van der Waals surface area contributed by atoms with Crippen LogP contribution < -0.4 is 5.32 Å². The van der Waals surface area contributed by atoms with Crippen molar-refractivity contribution in [1.29, 1.82) is 5.26 Å². The van der Waals surface area contributed by atoms with Gasteiger partial charge >= 0.3 is 0 Å². The zero-order valence-electron chi connectivity index (χ0n) is 11.9. The number of carbonyl (C=O) groups is 1. The van der Waals surface area contributed by atoms with Crippen LogP contribution in [0.15, 0.2) is 48.8 Å². The van der Waals surface area contributed by atoms with Crippen LogP contribution in [0, 0.1) is 11.3 Å². The van der Waals surface area contributed by atoms with Gasteiger partial charge in [-0.25, -0.2) is 0 Å². The Morgan fingerprint density at radius 3 is 2.76 bits per heavy atom. The Morgan fingerprint density at radius 2 is 2.10 bits per heavy atom. The van der Waals surface area contributed by atoms with E-state index in [1.165, 1.54) is 0 Å². The summed E-state index contributed by atoms with van der Waals surface area (Å²) in [5.74, 6) is -0.0747. The molecule has 0 aliphatic heterocycles. The molecule has 1 heterocycles. The number of hydrogen-bond donors (Lipinski definition) is 1. The number of nitrogens with one attached hydrogen (secondary N) is 1. The van der Waals surface area contributed by atoms with Crippen LogP contribution in [-0.2, 0) is 0 Å². The number of rotatable bonds is 5. The summed E-state index contributed by atoms with van der Waals surface area (Å²) in [6.07, 6.45) is 4.55. The van der Waals surface area contributed by atoms with E-state index in [4.69, 9.17) is 5.26 Å². The molecule has 1 aromatic carbocycles. The van der Waals surface area contributed by atoms with Crippen molar-refractivity contribution < 1.29 is 4.79 Å². The number of anilines is 1. The Labute approximate surface area is 124 Å². The number of carbonyl (C=O) groups excluding carboxylic acids is 1. The average molecular weight is 279 g/mol. The topological polar surface area (TPSA) is 65.8 Å². The molecule has 21 heavy (non-hydrogen) atoms. The molecule has 1 N–H and O–H groups in total. The molecule has 4 heteroatoms. The molecule has 2 aromatic rings. The maximum absolute atomic E-state index is 12.2. The van der Waals surface area contributed by atoms with Crippen molar-refractivity contribution in [2.75, 3.05) is 5.32 Å². The minimum absolute atomic E-state index is 0.118. The van der Waals surface area contributed by atoms with E-state index in [1.807, 2.05) is 43.3 Å². The number of nitrogens with zero attached hydrogens (tertiary/aromatic N) is 2. The van der Waals surface area contributed by atoms with Crippen LogP contribution in [0.4, 0.5) is 5.69 Å². The summed E-state index contributed by atoms with van der Waals surface area (Å²) in [5.41, 5.74) is 2.18. The predicted octanol–water partition coefficient (Wildman–Crippen LogP) is 3.74. The van der Waals surface area contributed by atoms with Gasteiger partial charge in [0.1, 0.15) is 0 Å². The lowest BCUT2D eigenvalue weighted by Gasteiger charge is -2.12. The second-order valence-corrected chi connectivity index (χ2v) is 4.79. The standard InChI is InChI=1S/C17H17N3O/c1-2-13(8-9-18)14-10-15(12-19-11-14)17(21)20-16-6-4-3-5-7-16/h3-7,10-13H,2,8H2,1H3,(H,20,21). The number of aromatic nitrogens is 1. The molecule has 0 bridgehead atoms. The average Bonchev–Trinajstić information content (AvgIpc) is 2.53. The third-order valence-electron chi connectivity index (χ3n) is 3.36. The smallest absolute Gasteiger partial charge is 0.257 e. The first-order chi connectivity index (χ1) is 10.2. The van der Waals surface area contributed by atoms with E-state index in [-0.39, 0.29) is 11.8 Å². The second kappa shape index (κ2) is 7.20. The van der Waals surface area contributed by atoms with Gasteiger partial charge in [0.05, 0.1) is 11.6 Å². The van der Waals surface area contributed by atoms with E-state index < -0.39 is 0 Å². The minimum atomic E-state index is -0.192. The van der Waals surface area contributed by atoms with Crippen LogP contribution in [0.3, 0.4) is 0 Å². The first kappa shape index (κ1) is 14.7. The van der Waals surface area contributed by atoms with E-state index in [0.29, 0.717) is 12.0 Å². The summed E-state index contributed by atoms with van der Waals surface area (Å²) in [6.45, 7) is 2.03.